The van der Waals surface area contributed by atoms with Crippen molar-refractivity contribution in [1.82, 2.24) is 14.4 Å². The first kappa shape index (κ1) is 28.3. The molecule has 0 bridgehead atoms. The molecule has 5 nitrogen and oxygen atoms in total. The Kier molecular flexibility index (Phi) is 9.92. The fraction of sp³-hybridized carbons (Fsp3) is 0.419. The van der Waals surface area contributed by atoms with E-state index in [9.17, 15) is 9.59 Å². The number of carbonyl (C=O) groups is 2. The second-order valence-corrected chi connectivity index (χ2v) is 11.1. The molecule has 1 aliphatic rings. The van der Waals surface area contributed by atoms with Crippen LogP contribution in [0.15, 0.2) is 66.9 Å². The lowest BCUT2D eigenvalue weighted by Crippen LogP contribution is -2.49. The van der Waals surface area contributed by atoms with E-state index in [-0.39, 0.29) is 30.4 Å². The third-order valence-corrected chi connectivity index (χ3v) is 8.02. The summed E-state index contributed by atoms with van der Waals surface area (Å²) in [7, 11) is 0. The van der Waals surface area contributed by atoms with Crippen LogP contribution in [0.3, 0.4) is 0 Å². The predicted octanol–water partition coefficient (Wildman–Crippen LogP) is 7.45. The average Bonchev–Trinajstić information content (AvgIpc) is 3.36. The molecule has 0 N–H and O–H groups in total. The summed E-state index contributed by atoms with van der Waals surface area (Å²) in [6, 6.07) is 19.4. The summed E-state index contributed by atoms with van der Waals surface area (Å²) in [6.45, 7) is 5.30. The van der Waals surface area contributed by atoms with Crippen molar-refractivity contribution in [3.05, 3.63) is 93.7 Å². The Bertz CT molecular complexity index is 1200. The molecule has 1 fully saturated rings. The Hall–Kier alpha value is -2.76. The van der Waals surface area contributed by atoms with Gasteiger partial charge in [-0.15, -0.1) is 0 Å². The normalized spacial score (nSPS) is 14.7. The molecule has 0 saturated heterocycles. The summed E-state index contributed by atoms with van der Waals surface area (Å²) in [6.07, 6.45) is 8.23. The molecule has 38 heavy (non-hydrogen) atoms. The summed E-state index contributed by atoms with van der Waals surface area (Å²) in [5.41, 5.74) is 2.71. The van der Waals surface area contributed by atoms with E-state index in [1.807, 2.05) is 43.0 Å². The fourth-order valence-corrected chi connectivity index (χ4v) is 5.77. The minimum absolute atomic E-state index is 0.0217. The summed E-state index contributed by atoms with van der Waals surface area (Å²) >= 11 is 12.4. The van der Waals surface area contributed by atoms with Crippen LogP contribution in [-0.4, -0.2) is 44.8 Å². The predicted molar refractivity (Wildman–Crippen MR) is 155 cm³/mol. The zero-order chi connectivity index (χ0) is 27.1. The van der Waals surface area contributed by atoms with Crippen LogP contribution in [0.25, 0.3) is 0 Å². The number of halogens is 2. The largest absolute Gasteiger partial charge is 0.345 e. The van der Waals surface area contributed by atoms with E-state index in [2.05, 4.69) is 29.0 Å². The molecule has 0 spiro atoms. The van der Waals surface area contributed by atoms with Crippen LogP contribution in [0, 0.1) is 0 Å². The first-order valence-electron chi connectivity index (χ1n) is 13.6. The molecule has 1 atom stereocenters. The maximum Gasteiger partial charge on any atom is 0.254 e. The molecule has 0 aliphatic heterocycles. The maximum absolute atomic E-state index is 14.0. The topological polar surface area (TPSA) is 45.6 Å². The molecule has 202 valence electrons. The van der Waals surface area contributed by atoms with E-state index in [0.29, 0.717) is 22.2 Å². The zero-order valence-electron chi connectivity index (χ0n) is 22.3. The second kappa shape index (κ2) is 13.3. The van der Waals surface area contributed by atoms with Crippen LogP contribution in [0.1, 0.15) is 74.0 Å². The molecule has 7 heteroatoms. The van der Waals surface area contributed by atoms with E-state index in [1.54, 1.807) is 23.1 Å². The molecule has 1 aliphatic carbocycles. The van der Waals surface area contributed by atoms with Crippen molar-refractivity contribution < 1.29 is 9.59 Å². The van der Waals surface area contributed by atoms with Crippen molar-refractivity contribution in [1.29, 1.82) is 0 Å². The van der Waals surface area contributed by atoms with Crippen LogP contribution < -0.4 is 0 Å². The quantitative estimate of drug-likeness (QED) is 0.261. The van der Waals surface area contributed by atoms with Gasteiger partial charge in [-0.3, -0.25) is 9.59 Å². The third-order valence-electron chi connectivity index (χ3n) is 7.59. The average molecular weight is 555 g/mol. The first-order valence-corrected chi connectivity index (χ1v) is 14.4. The molecule has 1 heterocycles. The Morgan fingerprint density at radius 3 is 2.32 bits per heavy atom. The Morgan fingerprint density at radius 1 is 0.974 bits per heavy atom. The maximum atomic E-state index is 14.0. The molecule has 0 radical (unpaired) electrons. The highest BCUT2D eigenvalue weighted by molar-refractivity contribution is 6.35. The highest BCUT2D eigenvalue weighted by Gasteiger charge is 2.30. The van der Waals surface area contributed by atoms with E-state index in [0.717, 1.165) is 44.3 Å². The van der Waals surface area contributed by atoms with E-state index < -0.39 is 0 Å². The van der Waals surface area contributed by atoms with Crippen LogP contribution in [0.4, 0.5) is 0 Å². The van der Waals surface area contributed by atoms with Gasteiger partial charge in [-0.2, -0.15) is 0 Å². The van der Waals surface area contributed by atoms with Gasteiger partial charge in [0.15, 0.2) is 0 Å². The van der Waals surface area contributed by atoms with Gasteiger partial charge in [-0.25, -0.2) is 0 Å². The smallest absolute Gasteiger partial charge is 0.254 e. The number of aromatic nitrogens is 1. The molecule has 1 saturated carbocycles. The van der Waals surface area contributed by atoms with E-state index in [4.69, 9.17) is 23.2 Å². The van der Waals surface area contributed by atoms with Crippen molar-refractivity contribution in [2.24, 2.45) is 0 Å². The lowest BCUT2D eigenvalue weighted by atomic mass is 9.94. The number of amides is 2. The van der Waals surface area contributed by atoms with Crippen molar-refractivity contribution in [3.63, 3.8) is 0 Å². The van der Waals surface area contributed by atoms with Gasteiger partial charge < -0.3 is 14.4 Å². The van der Waals surface area contributed by atoms with Gasteiger partial charge in [0.25, 0.3) is 5.91 Å². The van der Waals surface area contributed by atoms with Crippen molar-refractivity contribution in [2.45, 2.75) is 77.5 Å². The molecule has 1 aromatic heterocycles. The minimum atomic E-state index is -0.229. The Balaban J connectivity index is 1.58. The zero-order valence-corrected chi connectivity index (χ0v) is 23.8. The lowest BCUT2D eigenvalue weighted by Gasteiger charge is -2.37. The van der Waals surface area contributed by atoms with Crippen LogP contribution >= 0.6 is 23.2 Å². The van der Waals surface area contributed by atoms with Crippen molar-refractivity contribution in [3.8, 4) is 0 Å². The summed E-state index contributed by atoms with van der Waals surface area (Å²) in [4.78, 5) is 31.3. The molecular formula is C31H37Cl2N3O2. The Morgan fingerprint density at radius 2 is 1.66 bits per heavy atom. The summed E-state index contributed by atoms with van der Waals surface area (Å²) < 4.78 is 2.21. The molecule has 4 rings (SSSR count). The molecule has 2 amide bonds. The number of hydrogen-bond donors (Lipinski definition) is 0. The van der Waals surface area contributed by atoms with Crippen molar-refractivity contribution in [2.75, 3.05) is 6.54 Å². The molecule has 2 aromatic carbocycles. The monoisotopic (exact) mass is 553 g/mol. The van der Waals surface area contributed by atoms with E-state index in [1.165, 1.54) is 12.0 Å². The highest BCUT2D eigenvalue weighted by atomic mass is 35.5. The second-order valence-electron chi connectivity index (χ2n) is 10.3. The summed E-state index contributed by atoms with van der Waals surface area (Å²) in [5, 5.41) is 0.804. The minimum Gasteiger partial charge on any atom is -0.345 e. The number of benzene rings is 2. The fourth-order valence-electron chi connectivity index (χ4n) is 5.24. The van der Waals surface area contributed by atoms with Gasteiger partial charge in [-0.1, -0.05) is 79.7 Å². The van der Waals surface area contributed by atoms with Crippen LogP contribution in [0.5, 0.6) is 0 Å². The molecule has 3 aromatic rings. The number of carbonyl (C=O) groups excluding carboxylic acids is 2. The first-order chi connectivity index (χ1) is 18.4. The number of nitrogens with zero attached hydrogens (tertiary/aromatic N) is 3. The van der Waals surface area contributed by atoms with Crippen molar-refractivity contribution >= 4 is 35.0 Å². The molecule has 1 unspecified atom stereocenters. The Labute approximate surface area is 236 Å². The summed E-state index contributed by atoms with van der Waals surface area (Å²) in [5.74, 6) is -0.251. The van der Waals surface area contributed by atoms with E-state index >= 15 is 0 Å². The standard InChI is InChI=1S/C31H37Cl2N3O2/c1-3-23(2)35(31(38)25-17-26(32)19-27(33)18-25)22-30(37)36(28-13-8-5-9-14-28)21-29-15-10-16-34(29)20-24-11-6-4-7-12-24/h4,6-7,10-12,15-19,23,28H,3,5,8-9,13-14,20-22H2,1-2H3. The van der Waals surface area contributed by atoms with Gasteiger partial charge >= 0.3 is 0 Å². The van der Waals surface area contributed by atoms with Gasteiger partial charge in [0.05, 0.1) is 6.54 Å². The molecular weight excluding hydrogens is 517 g/mol. The third kappa shape index (κ3) is 7.21. The van der Waals surface area contributed by atoms with Gasteiger partial charge in [0, 0.05) is 46.1 Å². The highest BCUT2D eigenvalue weighted by Crippen LogP contribution is 2.26. The SMILES string of the molecule is CCC(C)N(CC(=O)N(Cc1cccn1Cc1ccccc1)C1CCCCC1)C(=O)c1cc(Cl)cc(Cl)c1. The van der Waals surface area contributed by atoms with Crippen LogP contribution in [-0.2, 0) is 17.9 Å². The number of rotatable bonds is 10. The van der Waals surface area contributed by atoms with Gasteiger partial charge in [0.2, 0.25) is 5.91 Å². The van der Waals surface area contributed by atoms with Gasteiger partial charge in [-0.05, 0) is 62.1 Å². The lowest BCUT2D eigenvalue weighted by molar-refractivity contribution is -0.136. The van der Waals surface area contributed by atoms with Gasteiger partial charge in [0.1, 0.15) is 6.54 Å². The number of hydrogen-bond acceptors (Lipinski definition) is 2. The van der Waals surface area contributed by atoms with Crippen LogP contribution in [0.2, 0.25) is 10.0 Å².